The summed E-state index contributed by atoms with van der Waals surface area (Å²) in [6.07, 6.45) is -4.07. The Balaban J connectivity index is 2.05. The standard InChI is InChI=1S/C18H12F3N5O3S/c19-18(20,21)12-3-1-2-4-15(12)30(28,29)11-7-13(14(27)8-22)26(10-11)17-5-6-24-16(9-23)25-17/h1-6,11,13H,7,10H2/t11-,13-/m0/s1. The second-order valence-corrected chi connectivity index (χ2v) is 8.59. The number of carbonyl (C=O) groups is 1. The number of nitriles is 2. The van der Waals surface area contributed by atoms with Gasteiger partial charge in [-0.3, -0.25) is 4.79 Å². The Bertz CT molecular complexity index is 1180. The summed E-state index contributed by atoms with van der Waals surface area (Å²) in [5.41, 5.74) is -1.31. The van der Waals surface area contributed by atoms with E-state index in [1.54, 1.807) is 6.07 Å². The summed E-state index contributed by atoms with van der Waals surface area (Å²) in [7, 11) is -4.52. The van der Waals surface area contributed by atoms with Crippen molar-refractivity contribution in [2.75, 3.05) is 11.4 Å². The van der Waals surface area contributed by atoms with Crippen LogP contribution in [0.25, 0.3) is 0 Å². The molecule has 3 rings (SSSR count). The molecule has 8 nitrogen and oxygen atoms in total. The first kappa shape index (κ1) is 21.2. The minimum absolute atomic E-state index is 0.0250. The van der Waals surface area contributed by atoms with E-state index in [1.165, 1.54) is 29.3 Å². The van der Waals surface area contributed by atoms with Crippen LogP contribution < -0.4 is 4.90 Å². The number of anilines is 1. The predicted octanol–water partition coefficient (Wildman–Crippen LogP) is 1.88. The number of rotatable bonds is 4. The summed E-state index contributed by atoms with van der Waals surface area (Å²) in [5, 5.41) is 16.6. The van der Waals surface area contributed by atoms with Gasteiger partial charge in [0.25, 0.3) is 5.78 Å². The van der Waals surface area contributed by atoms with E-state index < -0.39 is 50.0 Å². The monoisotopic (exact) mass is 435 g/mol. The molecule has 0 saturated carbocycles. The Morgan fingerprint density at radius 3 is 2.53 bits per heavy atom. The zero-order valence-corrected chi connectivity index (χ0v) is 15.9. The fourth-order valence-electron chi connectivity index (χ4n) is 3.29. The van der Waals surface area contributed by atoms with Crippen LogP contribution in [-0.2, 0) is 20.8 Å². The van der Waals surface area contributed by atoms with Crippen LogP contribution in [0.15, 0.2) is 41.4 Å². The Kier molecular flexibility index (Phi) is 5.46. The van der Waals surface area contributed by atoms with Gasteiger partial charge < -0.3 is 4.90 Å². The molecule has 30 heavy (non-hydrogen) atoms. The van der Waals surface area contributed by atoms with E-state index in [-0.39, 0.29) is 18.2 Å². The van der Waals surface area contributed by atoms with Crippen molar-refractivity contribution in [2.45, 2.75) is 28.8 Å². The van der Waals surface area contributed by atoms with E-state index in [2.05, 4.69) is 9.97 Å². The van der Waals surface area contributed by atoms with Gasteiger partial charge in [0, 0.05) is 12.7 Å². The van der Waals surface area contributed by atoms with Gasteiger partial charge in [0.15, 0.2) is 9.84 Å². The van der Waals surface area contributed by atoms with Crippen LogP contribution in [0.4, 0.5) is 19.0 Å². The van der Waals surface area contributed by atoms with Crippen molar-refractivity contribution >= 4 is 21.4 Å². The first-order valence-electron chi connectivity index (χ1n) is 8.43. The first-order valence-corrected chi connectivity index (χ1v) is 9.98. The number of Topliss-reactive ketones (excluding diaryl/α,β-unsaturated/α-hetero) is 1. The van der Waals surface area contributed by atoms with Crippen LogP contribution in [-0.4, -0.2) is 42.0 Å². The lowest BCUT2D eigenvalue weighted by atomic mass is 10.1. The third-order valence-corrected chi connectivity index (χ3v) is 6.84. The van der Waals surface area contributed by atoms with Gasteiger partial charge in [0.05, 0.1) is 15.7 Å². The van der Waals surface area contributed by atoms with E-state index in [0.29, 0.717) is 6.07 Å². The van der Waals surface area contributed by atoms with Crippen molar-refractivity contribution in [3.63, 3.8) is 0 Å². The van der Waals surface area contributed by atoms with Crippen molar-refractivity contribution < 1.29 is 26.4 Å². The zero-order chi connectivity index (χ0) is 22.1. The molecule has 0 amide bonds. The van der Waals surface area contributed by atoms with Crippen LogP contribution in [0.2, 0.25) is 0 Å². The fourth-order valence-corrected chi connectivity index (χ4v) is 5.20. The maximum atomic E-state index is 13.3. The molecule has 154 valence electrons. The third kappa shape index (κ3) is 3.82. The van der Waals surface area contributed by atoms with Gasteiger partial charge in [-0.2, -0.15) is 23.7 Å². The minimum Gasteiger partial charge on any atom is -0.344 e. The Morgan fingerprint density at radius 1 is 1.20 bits per heavy atom. The smallest absolute Gasteiger partial charge is 0.344 e. The van der Waals surface area contributed by atoms with Gasteiger partial charge in [0.2, 0.25) is 5.82 Å². The highest BCUT2D eigenvalue weighted by Crippen LogP contribution is 2.38. The van der Waals surface area contributed by atoms with Gasteiger partial charge in [-0.05, 0) is 24.6 Å². The number of halogens is 3. The number of carbonyl (C=O) groups excluding carboxylic acids is 1. The molecule has 1 saturated heterocycles. The molecule has 1 aliphatic heterocycles. The summed E-state index contributed by atoms with van der Waals surface area (Å²) in [6, 6.07) is 6.98. The largest absolute Gasteiger partial charge is 0.417 e. The lowest BCUT2D eigenvalue weighted by molar-refractivity contribution is -0.139. The predicted molar refractivity (Wildman–Crippen MR) is 95.5 cm³/mol. The van der Waals surface area contributed by atoms with Crippen molar-refractivity contribution in [1.29, 1.82) is 10.5 Å². The van der Waals surface area contributed by atoms with Crippen LogP contribution in [0.3, 0.4) is 0 Å². The maximum absolute atomic E-state index is 13.3. The number of aromatic nitrogens is 2. The molecule has 1 aliphatic rings. The summed E-state index contributed by atoms with van der Waals surface area (Å²) >= 11 is 0. The number of nitrogens with zero attached hydrogens (tertiary/aromatic N) is 5. The highest BCUT2D eigenvalue weighted by Gasteiger charge is 2.46. The van der Waals surface area contributed by atoms with E-state index >= 15 is 0 Å². The van der Waals surface area contributed by atoms with Gasteiger partial charge in [-0.15, -0.1) is 0 Å². The lowest BCUT2D eigenvalue weighted by Gasteiger charge is -2.22. The lowest BCUT2D eigenvalue weighted by Crippen LogP contribution is -2.36. The second-order valence-electron chi connectivity index (χ2n) is 6.39. The SMILES string of the molecule is N#CC(=O)[C@@H]1C[C@H](S(=O)(=O)c2ccccc2C(F)(F)F)CN1c1ccnc(C#N)n1. The van der Waals surface area contributed by atoms with Crippen molar-refractivity contribution in [1.82, 2.24) is 9.97 Å². The number of alkyl halides is 3. The van der Waals surface area contributed by atoms with E-state index in [4.69, 9.17) is 10.5 Å². The molecule has 0 spiro atoms. The molecular formula is C18H12F3N5O3S. The van der Waals surface area contributed by atoms with E-state index in [1.807, 2.05) is 0 Å². The highest BCUT2D eigenvalue weighted by molar-refractivity contribution is 7.92. The molecule has 0 aliphatic carbocycles. The van der Waals surface area contributed by atoms with Crippen molar-refractivity contribution in [2.24, 2.45) is 0 Å². The van der Waals surface area contributed by atoms with Crippen molar-refractivity contribution in [3.05, 3.63) is 47.9 Å². The Labute approximate surface area is 169 Å². The van der Waals surface area contributed by atoms with Gasteiger partial charge in [-0.1, -0.05) is 12.1 Å². The van der Waals surface area contributed by atoms with Crippen LogP contribution in [0, 0.1) is 22.7 Å². The molecular weight excluding hydrogens is 423 g/mol. The average molecular weight is 435 g/mol. The summed E-state index contributed by atoms with van der Waals surface area (Å²) < 4.78 is 66.1. The molecule has 0 N–H and O–H groups in total. The zero-order valence-electron chi connectivity index (χ0n) is 15.0. The molecule has 1 aromatic heterocycles. The number of ketones is 1. The topological polar surface area (TPSA) is 128 Å². The molecule has 1 fully saturated rings. The molecule has 0 radical (unpaired) electrons. The fraction of sp³-hybridized carbons (Fsp3) is 0.278. The molecule has 12 heteroatoms. The van der Waals surface area contributed by atoms with Crippen LogP contribution >= 0.6 is 0 Å². The van der Waals surface area contributed by atoms with Crippen LogP contribution in [0.5, 0.6) is 0 Å². The number of hydrogen-bond donors (Lipinski definition) is 0. The summed E-state index contributed by atoms with van der Waals surface area (Å²) in [4.78, 5) is 20.0. The van der Waals surface area contributed by atoms with Gasteiger partial charge >= 0.3 is 6.18 Å². The van der Waals surface area contributed by atoms with E-state index in [9.17, 15) is 26.4 Å². The quantitative estimate of drug-likeness (QED) is 0.666. The first-order chi connectivity index (χ1) is 14.1. The minimum atomic E-state index is -4.89. The number of benzene rings is 1. The Morgan fingerprint density at radius 2 is 1.90 bits per heavy atom. The molecule has 2 atom stereocenters. The third-order valence-electron chi connectivity index (χ3n) is 4.65. The average Bonchev–Trinajstić information content (AvgIpc) is 3.19. The molecule has 1 aromatic carbocycles. The van der Waals surface area contributed by atoms with Gasteiger partial charge in [0.1, 0.15) is 24.0 Å². The van der Waals surface area contributed by atoms with Crippen LogP contribution in [0.1, 0.15) is 17.8 Å². The highest BCUT2D eigenvalue weighted by atomic mass is 32.2. The summed E-state index contributed by atoms with van der Waals surface area (Å²) in [5.74, 6) is -1.18. The maximum Gasteiger partial charge on any atom is 0.417 e. The Hall–Kier alpha value is -3.51. The molecule has 0 bridgehead atoms. The second kappa shape index (κ2) is 7.72. The van der Waals surface area contributed by atoms with E-state index in [0.717, 1.165) is 12.1 Å². The molecule has 2 aromatic rings. The normalized spacial score (nSPS) is 19.2. The van der Waals surface area contributed by atoms with Crippen molar-refractivity contribution in [3.8, 4) is 12.1 Å². The number of hydrogen-bond acceptors (Lipinski definition) is 8. The summed E-state index contributed by atoms with van der Waals surface area (Å²) in [6.45, 7) is -0.380. The molecule has 2 heterocycles. The molecule has 0 unspecified atom stereocenters. The van der Waals surface area contributed by atoms with Gasteiger partial charge in [-0.25, -0.2) is 18.4 Å². The number of sulfone groups is 1.